The summed E-state index contributed by atoms with van der Waals surface area (Å²) in [5.74, 6) is 3.48. The molecule has 0 atom stereocenters. The van der Waals surface area contributed by atoms with Crippen LogP contribution in [0.5, 0.6) is 5.75 Å². The number of carbonyl (C=O) groups excluding carboxylic acids is 2. The average molecular weight is 607 g/mol. The Balaban J connectivity index is 1.76. The maximum atomic E-state index is 12.7. The fraction of sp³-hybridized carbons (Fsp3) is 0.400. The molecule has 2 fully saturated rings. The summed E-state index contributed by atoms with van der Waals surface area (Å²) in [4.78, 5) is 27.0. The number of hydrogen-bond acceptors (Lipinski definition) is 4. The van der Waals surface area contributed by atoms with Crippen LogP contribution in [0.15, 0.2) is 17.0 Å². The number of amides is 2. The van der Waals surface area contributed by atoms with Crippen molar-refractivity contribution in [1.82, 2.24) is 4.90 Å². The van der Waals surface area contributed by atoms with Gasteiger partial charge in [-0.05, 0) is 99.5 Å². The number of carbonyl (C=O) groups is 2. The van der Waals surface area contributed by atoms with Gasteiger partial charge in [0.05, 0.1) is 12.0 Å². The summed E-state index contributed by atoms with van der Waals surface area (Å²) < 4.78 is 7.41. The molecule has 4 nitrogen and oxygen atoms in total. The van der Waals surface area contributed by atoms with Gasteiger partial charge in [0.2, 0.25) is 0 Å². The lowest BCUT2D eigenvalue weighted by atomic mass is 9.89. The fourth-order valence-corrected chi connectivity index (χ4v) is 6.33. The Morgan fingerprint density at radius 3 is 2.52 bits per heavy atom. The van der Waals surface area contributed by atoms with Gasteiger partial charge >= 0.3 is 0 Å². The highest BCUT2D eigenvalue weighted by Gasteiger charge is 2.36. The van der Waals surface area contributed by atoms with Crippen LogP contribution in [0.4, 0.5) is 4.79 Å². The number of ether oxygens (including phenoxy) is 1. The molecular formula is C20H19I2NO3S. The number of nitrogens with zero attached hydrogens (tertiary/aromatic N) is 1. The molecule has 1 aliphatic heterocycles. The molecule has 2 aliphatic rings. The van der Waals surface area contributed by atoms with Crippen LogP contribution in [0, 0.1) is 25.4 Å². The number of benzene rings is 1. The van der Waals surface area contributed by atoms with Gasteiger partial charge in [-0.2, -0.15) is 0 Å². The van der Waals surface area contributed by atoms with Gasteiger partial charge in [0.15, 0.2) is 0 Å². The zero-order valence-electron chi connectivity index (χ0n) is 14.7. The average Bonchev–Trinajstić information content (AvgIpc) is 2.89. The first kappa shape index (κ1) is 21.0. The second-order valence-electron chi connectivity index (χ2n) is 6.60. The highest BCUT2D eigenvalue weighted by atomic mass is 127. The first-order valence-electron chi connectivity index (χ1n) is 8.80. The van der Waals surface area contributed by atoms with E-state index >= 15 is 0 Å². The molecule has 0 bridgehead atoms. The maximum Gasteiger partial charge on any atom is 0.293 e. The van der Waals surface area contributed by atoms with Crippen LogP contribution in [-0.2, 0) is 4.79 Å². The largest absolute Gasteiger partial charge is 0.479 e. The van der Waals surface area contributed by atoms with Crippen molar-refractivity contribution in [2.24, 2.45) is 5.92 Å². The van der Waals surface area contributed by atoms with Crippen molar-refractivity contribution in [2.75, 3.05) is 13.2 Å². The number of halogens is 2. The van der Waals surface area contributed by atoms with E-state index in [-0.39, 0.29) is 17.8 Å². The lowest BCUT2D eigenvalue weighted by molar-refractivity contribution is -0.123. The van der Waals surface area contributed by atoms with Gasteiger partial charge in [-0.15, -0.1) is 6.42 Å². The van der Waals surface area contributed by atoms with E-state index in [2.05, 4.69) is 51.1 Å². The third-order valence-electron chi connectivity index (χ3n) is 4.66. The number of imide groups is 1. The van der Waals surface area contributed by atoms with E-state index < -0.39 is 0 Å². The van der Waals surface area contributed by atoms with Gasteiger partial charge in [-0.25, -0.2) is 0 Å². The molecule has 1 heterocycles. The van der Waals surface area contributed by atoms with Gasteiger partial charge in [0, 0.05) is 6.54 Å². The van der Waals surface area contributed by atoms with Gasteiger partial charge < -0.3 is 4.74 Å². The molecule has 1 aromatic rings. The molecule has 0 spiro atoms. The van der Waals surface area contributed by atoms with E-state index in [0.717, 1.165) is 43.1 Å². The second-order valence-corrected chi connectivity index (χ2v) is 9.92. The third kappa shape index (κ3) is 5.21. The first-order valence-corrected chi connectivity index (χ1v) is 11.8. The van der Waals surface area contributed by atoms with Crippen molar-refractivity contribution in [3.05, 3.63) is 29.7 Å². The highest BCUT2D eigenvalue weighted by Crippen LogP contribution is 2.36. The van der Waals surface area contributed by atoms with E-state index in [0.29, 0.717) is 17.4 Å². The first-order chi connectivity index (χ1) is 13.0. The smallest absolute Gasteiger partial charge is 0.293 e. The van der Waals surface area contributed by atoms with Crippen molar-refractivity contribution in [3.63, 3.8) is 0 Å². The molecule has 27 heavy (non-hydrogen) atoms. The van der Waals surface area contributed by atoms with Gasteiger partial charge in [-0.3, -0.25) is 14.5 Å². The molecule has 1 aromatic carbocycles. The van der Waals surface area contributed by atoms with Gasteiger partial charge in [-0.1, -0.05) is 25.2 Å². The SMILES string of the molecule is C#CCOc1c(I)cc(/C=C2/SC(=O)N(CC3CCCCC3)C2=O)cc1I. The zero-order valence-corrected chi connectivity index (χ0v) is 19.8. The number of rotatable bonds is 5. The third-order valence-corrected chi connectivity index (χ3v) is 7.17. The van der Waals surface area contributed by atoms with Crippen LogP contribution in [0.2, 0.25) is 0 Å². The molecule has 0 N–H and O–H groups in total. The minimum absolute atomic E-state index is 0.157. The standard InChI is InChI=1S/C20H19I2NO3S/c1-2-8-26-18-15(21)9-14(10-16(18)22)11-17-19(24)23(20(25)27-17)12-13-6-4-3-5-7-13/h1,9-11,13H,3-8,12H2/b17-11+. The Morgan fingerprint density at radius 1 is 1.22 bits per heavy atom. The lowest BCUT2D eigenvalue weighted by Crippen LogP contribution is -2.34. The molecule has 1 saturated heterocycles. The van der Waals surface area contributed by atoms with E-state index in [9.17, 15) is 9.59 Å². The summed E-state index contributed by atoms with van der Waals surface area (Å²) >= 11 is 5.41. The molecule has 0 radical (unpaired) electrons. The van der Waals surface area contributed by atoms with Crippen LogP contribution in [0.3, 0.4) is 0 Å². The Labute approximate surface area is 191 Å². The molecule has 1 saturated carbocycles. The summed E-state index contributed by atoms with van der Waals surface area (Å²) in [5.41, 5.74) is 0.875. The van der Waals surface area contributed by atoms with E-state index in [1.54, 1.807) is 6.08 Å². The zero-order chi connectivity index (χ0) is 19.4. The number of terminal acetylenes is 1. The highest BCUT2D eigenvalue weighted by molar-refractivity contribution is 14.1. The Morgan fingerprint density at radius 2 is 1.89 bits per heavy atom. The quantitative estimate of drug-likeness (QED) is 0.251. The number of thioether (sulfide) groups is 1. The predicted octanol–water partition coefficient (Wildman–Crippen LogP) is 5.52. The van der Waals surface area contributed by atoms with Crippen molar-refractivity contribution in [1.29, 1.82) is 0 Å². The molecule has 0 unspecified atom stereocenters. The minimum atomic E-state index is -0.173. The summed E-state index contributed by atoms with van der Waals surface area (Å²) in [5, 5.41) is -0.157. The molecular weight excluding hydrogens is 588 g/mol. The van der Waals surface area contributed by atoms with Crippen molar-refractivity contribution in [2.45, 2.75) is 32.1 Å². The van der Waals surface area contributed by atoms with Crippen molar-refractivity contribution in [3.8, 4) is 18.1 Å². The predicted molar refractivity (Wildman–Crippen MR) is 125 cm³/mol. The summed E-state index contributed by atoms with van der Waals surface area (Å²) in [6, 6.07) is 3.87. The van der Waals surface area contributed by atoms with Crippen molar-refractivity contribution >= 4 is 74.2 Å². The van der Waals surface area contributed by atoms with Crippen molar-refractivity contribution < 1.29 is 14.3 Å². The lowest BCUT2D eigenvalue weighted by Gasteiger charge is -2.25. The number of hydrogen-bond donors (Lipinski definition) is 0. The fourth-order valence-electron chi connectivity index (χ4n) is 3.35. The van der Waals surface area contributed by atoms with Crippen LogP contribution < -0.4 is 4.74 Å². The Kier molecular flexibility index (Phi) is 7.50. The molecule has 3 rings (SSSR count). The van der Waals surface area contributed by atoms with Crippen LogP contribution in [0.1, 0.15) is 37.7 Å². The second kappa shape index (κ2) is 9.65. The monoisotopic (exact) mass is 607 g/mol. The van der Waals surface area contributed by atoms with Crippen LogP contribution in [-0.4, -0.2) is 29.2 Å². The van der Waals surface area contributed by atoms with Crippen LogP contribution >= 0.6 is 56.9 Å². The van der Waals surface area contributed by atoms with Crippen LogP contribution in [0.25, 0.3) is 6.08 Å². The Bertz CT molecular complexity index is 802. The molecule has 1 aliphatic carbocycles. The Hall–Kier alpha value is -0.730. The molecule has 142 valence electrons. The normalized spacial score (nSPS) is 19.6. The van der Waals surface area contributed by atoms with Gasteiger partial charge in [0.25, 0.3) is 11.1 Å². The van der Waals surface area contributed by atoms with E-state index in [4.69, 9.17) is 11.2 Å². The minimum Gasteiger partial charge on any atom is -0.479 e. The van der Waals surface area contributed by atoms with Gasteiger partial charge in [0.1, 0.15) is 12.4 Å². The van der Waals surface area contributed by atoms with E-state index in [1.807, 2.05) is 12.1 Å². The molecule has 7 heteroatoms. The summed E-state index contributed by atoms with van der Waals surface area (Å²) in [6.07, 6.45) is 12.9. The molecule has 2 amide bonds. The molecule has 0 aromatic heterocycles. The summed E-state index contributed by atoms with van der Waals surface area (Å²) in [7, 11) is 0. The van der Waals surface area contributed by atoms with E-state index in [1.165, 1.54) is 24.2 Å². The maximum absolute atomic E-state index is 12.7. The summed E-state index contributed by atoms with van der Waals surface area (Å²) in [6.45, 7) is 0.765. The topological polar surface area (TPSA) is 46.6 Å².